The summed E-state index contributed by atoms with van der Waals surface area (Å²) in [6.45, 7) is 4.76. The monoisotopic (exact) mass is 397 g/mol. The van der Waals surface area contributed by atoms with E-state index in [1.807, 2.05) is 0 Å². The summed E-state index contributed by atoms with van der Waals surface area (Å²) in [6.07, 6.45) is 1.71. The standard InChI is InChI=1S/C18H27N3O5S/c1-13-8-10-21(11-9-13)27(25,26)16-6-4-15(5-7-16)19-18(24)20(3)12-14(2)17(22)23/h4-7,13-14H,8-12H2,1-3H3,(H,19,24)(H,22,23). The molecule has 0 radical (unpaired) electrons. The maximum absolute atomic E-state index is 12.7. The van der Waals surface area contributed by atoms with Crippen LogP contribution in [0, 0.1) is 11.8 Å². The predicted octanol–water partition coefficient (Wildman–Crippen LogP) is 2.29. The summed E-state index contributed by atoms with van der Waals surface area (Å²) in [5, 5.41) is 11.5. The number of hydrogen-bond acceptors (Lipinski definition) is 4. The highest BCUT2D eigenvalue weighted by molar-refractivity contribution is 7.89. The first-order valence-electron chi connectivity index (χ1n) is 8.96. The summed E-state index contributed by atoms with van der Waals surface area (Å²) in [5.74, 6) is -1.12. The number of nitrogens with one attached hydrogen (secondary N) is 1. The van der Waals surface area contributed by atoms with Crippen LogP contribution in [0.3, 0.4) is 0 Å². The summed E-state index contributed by atoms with van der Waals surface area (Å²) in [5.41, 5.74) is 0.445. The summed E-state index contributed by atoms with van der Waals surface area (Å²) < 4.78 is 26.9. The third-order valence-corrected chi connectivity index (χ3v) is 6.71. The van der Waals surface area contributed by atoms with Gasteiger partial charge in [-0.1, -0.05) is 13.8 Å². The van der Waals surface area contributed by atoms with E-state index in [0.29, 0.717) is 24.7 Å². The number of amides is 2. The molecular weight excluding hydrogens is 370 g/mol. The molecule has 2 N–H and O–H groups in total. The van der Waals surface area contributed by atoms with Gasteiger partial charge < -0.3 is 15.3 Å². The van der Waals surface area contributed by atoms with Crippen molar-refractivity contribution < 1.29 is 23.1 Å². The van der Waals surface area contributed by atoms with E-state index in [1.165, 1.54) is 47.4 Å². The van der Waals surface area contributed by atoms with Crippen molar-refractivity contribution in [2.45, 2.75) is 31.6 Å². The van der Waals surface area contributed by atoms with Crippen molar-refractivity contribution in [3.8, 4) is 0 Å². The van der Waals surface area contributed by atoms with E-state index in [0.717, 1.165) is 12.8 Å². The summed E-state index contributed by atoms with van der Waals surface area (Å²) >= 11 is 0. The van der Waals surface area contributed by atoms with E-state index in [-0.39, 0.29) is 11.4 Å². The molecule has 0 aliphatic carbocycles. The highest BCUT2D eigenvalue weighted by Crippen LogP contribution is 2.24. The van der Waals surface area contributed by atoms with Gasteiger partial charge in [-0.25, -0.2) is 13.2 Å². The van der Waals surface area contributed by atoms with Gasteiger partial charge in [-0.3, -0.25) is 4.79 Å². The second-order valence-electron chi connectivity index (χ2n) is 7.16. The fraction of sp³-hybridized carbons (Fsp3) is 0.556. The molecule has 1 aromatic carbocycles. The van der Waals surface area contributed by atoms with Crippen LogP contribution in [0.15, 0.2) is 29.2 Å². The van der Waals surface area contributed by atoms with Gasteiger partial charge in [-0.15, -0.1) is 0 Å². The third kappa shape index (κ3) is 5.43. The van der Waals surface area contributed by atoms with Gasteiger partial charge in [0.15, 0.2) is 0 Å². The molecule has 0 spiro atoms. The first-order chi connectivity index (χ1) is 12.6. The minimum absolute atomic E-state index is 0.0704. The van der Waals surface area contributed by atoms with Gasteiger partial charge in [0.25, 0.3) is 0 Å². The number of nitrogens with zero attached hydrogens (tertiary/aromatic N) is 2. The largest absolute Gasteiger partial charge is 0.481 e. The van der Waals surface area contributed by atoms with Crippen molar-refractivity contribution in [2.75, 3.05) is 32.0 Å². The Balaban J connectivity index is 2.00. The Hall–Kier alpha value is -2.13. The molecule has 0 saturated carbocycles. The molecule has 150 valence electrons. The van der Waals surface area contributed by atoms with Crippen LogP contribution in [0.4, 0.5) is 10.5 Å². The minimum Gasteiger partial charge on any atom is -0.481 e. The summed E-state index contributed by atoms with van der Waals surface area (Å²) in [4.78, 5) is 24.5. The van der Waals surface area contributed by atoms with E-state index in [2.05, 4.69) is 12.2 Å². The number of carboxylic acids is 1. The van der Waals surface area contributed by atoms with E-state index in [9.17, 15) is 18.0 Å². The number of aliphatic carboxylic acids is 1. The van der Waals surface area contributed by atoms with Crippen molar-refractivity contribution in [1.82, 2.24) is 9.21 Å². The molecule has 1 saturated heterocycles. The van der Waals surface area contributed by atoms with Crippen LogP contribution >= 0.6 is 0 Å². The number of piperidine rings is 1. The molecular formula is C18H27N3O5S. The summed E-state index contributed by atoms with van der Waals surface area (Å²) in [7, 11) is -2.02. The predicted molar refractivity (Wildman–Crippen MR) is 102 cm³/mol. The lowest BCUT2D eigenvalue weighted by Crippen LogP contribution is -2.38. The number of sulfonamides is 1. The molecule has 1 aromatic rings. The molecule has 0 aromatic heterocycles. The molecule has 2 rings (SSSR count). The highest BCUT2D eigenvalue weighted by Gasteiger charge is 2.28. The molecule has 2 amide bonds. The van der Waals surface area contributed by atoms with E-state index in [4.69, 9.17) is 5.11 Å². The Morgan fingerprint density at radius 2 is 1.81 bits per heavy atom. The maximum atomic E-state index is 12.7. The van der Waals surface area contributed by atoms with Crippen molar-refractivity contribution in [2.24, 2.45) is 11.8 Å². The third-order valence-electron chi connectivity index (χ3n) is 4.80. The smallest absolute Gasteiger partial charge is 0.321 e. The average molecular weight is 397 g/mol. The maximum Gasteiger partial charge on any atom is 0.321 e. The normalized spacial score (nSPS) is 17.3. The number of benzene rings is 1. The number of carboxylic acid groups (broad SMARTS) is 1. The molecule has 27 heavy (non-hydrogen) atoms. The van der Waals surface area contributed by atoms with Crippen molar-refractivity contribution in [3.05, 3.63) is 24.3 Å². The first kappa shape index (κ1) is 21.2. The minimum atomic E-state index is -3.53. The molecule has 8 nitrogen and oxygen atoms in total. The van der Waals surface area contributed by atoms with Gasteiger partial charge in [0, 0.05) is 32.4 Å². The van der Waals surface area contributed by atoms with Crippen molar-refractivity contribution >= 4 is 27.7 Å². The number of carbonyl (C=O) groups is 2. The zero-order valence-corrected chi connectivity index (χ0v) is 16.7. The van der Waals surface area contributed by atoms with Crippen LogP contribution in [0.1, 0.15) is 26.7 Å². The number of carbonyl (C=O) groups excluding carboxylic acids is 1. The Bertz CT molecular complexity index is 771. The van der Waals surface area contributed by atoms with Crippen LogP contribution in [-0.4, -0.2) is 61.4 Å². The Morgan fingerprint density at radius 1 is 1.26 bits per heavy atom. The van der Waals surface area contributed by atoms with Crippen molar-refractivity contribution in [1.29, 1.82) is 0 Å². The highest BCUT2D eigenvalue weighted by atomic mass is 32.2. The lowest BCUT2D eigenvalue weighted by molar-refractivity contribution is -0.141. The molecule has 1 aliphatic rings. The van der Waals surface area contributed by atoms with Gasteiger partial charge in [-0.2, -0.15) is 4.31 Å². The van der Waals surface area contributed by atoms with Gasteiger partial charge in [0.1, 0.15) is 0 Å². The molecule has 1 aliphatic heterocycles. The number of hydrogen-bond donors (Lipinski definition) is 2. The lowest BCUT2D eigenvalue weighted by atomic mass is 10.0. The molecule has 0 bridgehead atoms. The molecule has 1 heterocycles. The number of urea groups is 1. The van der Waals surface area contributed by atoms with Crippen LogP contribution < -0.4 is 5.32 Å². The first-order valence-corrected chi connectivity index (χ1v) is 10.4. The van der Waals surface area contributed by atoms with Gasteiger partial charge in [-0.05, 0) is 43.0 Å². The SMILES string of the molecule is CC1CCN(S(=O)(=O)c2ccc(NC(=O)N(C)CC(C)C(=O)O)cc2)CC1. The molecule has 9 heteroatoms. The topological polar surface area (TPSA) is 107 Å². The van der Waals surface area contributed by atoms with Gasteiger partial charge >= 0.3 is 12.0 Å². The second-order valence-corrected chi connectivity index (χ2v) is 9.10. The number of anilines is 1. The summed E-state index contributed by atoms with van der Waals surface area (Å²) in [6, 6.07) is 5.56. The van der Waals surface area contributed by atoms with Crippen LogP contribution in [0.25, 0.3) is 0 Å². The second kappa shape index (κ2) is 8.71. The van der Waals surface area contributed by atoms with Gasteiger partial charge in [0.2, 0.25) is 10.0 Å². The van der Waals surface area contributed by atoms with Crippen LogP contribution in [-0.2, 0) is 14.8 Å². The molecule has 1 atom stereocenters. The van der Waals surface area contributed by atoms with E-state index in [1.54, 1.807) is 0 Å². The number of rotatable bonds is 6. The fourth-order valence-electron chi connectivity index (χ4n) is 2.88. The molecule has 1 fully saturated rings. The Kier molecular flexibility index (Phi) is 6.83. The van der Waals surface area contributed by atoms with Gasteiger partial charge in [0.05, 0.1) is 10.8 Å². The van der Waals surface area contributed by atoms with E-state index >= 15 is 0 Å². The van der Waals surface area contributed by atoms with Crippen LogP contribution in [0.2, 0.25) is 0 Å². The average Bonchev–Trinajstić information content (AvgIpc) is 2.62. The molecule has 1 unspecified atom stereocenters. The van der Waals surface area contributed by atoms with E-state index < -0.39 is 27.9 Å². The zero-order valence-electron chi connectivity index (χ0n) is 15.9. The quantitative estimate of drug-likeness (QED) is 0.766. The van der Waals surface area contributed by atoms with Crippen LogP contribution in [0.5, 0.6) is 0 Å². The Morgan fingerprint density at radius 3 is 2.33 bits per heavy atom. The zero-order chi connectivity index (χ0) is 20.2. The fourth-order valence-corrected chi connectivity index (χ4v) is 4.34. The Labute approximate surface area is 160 Å². The lowest BCUT2D eigenvalue weighted by Gasteiger charge is -2.29. The van der Waals surface area contributed by atoms with Crippen molar-refractivity contribution in [3.63, 3.8) is 0 Å².